The standard InChI is InChI=1S/C11H27N2O6P/c14-6-4-2-1-3-5-12-11-13-20(16,17)19-10-9-18-8-7-15/h12,14-15H,1-11H2,(H2,13,16,17)/p-1. The fourth-order valence-electron chi connectivity index (χ4n) is 1.39. The fraction of sp³-hybridized carbons (Fsp3) is 1.00. The third kappa shape index (κ3) is 14.4. The zero-order valence-corrected chi connectivity index (χ0v) is 12.6. The first kappa shape index (κ1) is 19.9. The maximum atomic E-state index is 11.4. The van der Waals surface area contributed by atoms with Gasteiger partial charge in [-0.15, -0.1) is 0 Å². The number of rotatable bonds is 15. The van der Waals surface area contributed by atoms with Crippen LogP contribution in [0, 0.1) is 0 Å². The summed E-state index contributed by atoms with van der Waals surface area (Å²) in [6.45, 7) is 1.15. The molecule has 0 radical (unpaired) electrons. The summed E-state index contributed by atoms with van der Waals surface area (Å²) in [5, 5.41) is 22.2. The molecule has 0 bridgehead atoms. The molecule has 20 heavy (non-hydrogen) atoms. The normalized spacial score (nSPS) is 14.3. The molecule has 0 aromatic carbocycles. The van der Waals surface area contributed by atoms with Gasteiger partial charge >= 0.3 is 0 Å². The van der Waals surface area contributed by atoms with Crippen molar-refractivity contribution in [3.63, 3.8) is 0 Å². The summed E-state index contributed by atoms with van der Waals surface area (Å²) < 4.78 is 20.9. The first-order chi connectivity index (χ1) is 9.62. The van der Waals surface area contributed by atoms with Crippen molar-refractivity contribution in [1.82, 2.24) is 10.4 Å². The van der Waals surface area contributed by atoms with Crippen LogP contribution in [0.2, 0.25) is 0 Å². The van der Waals surface area contributed by atoms with E-state index >= 15 is 0 Å². The summed E-state index contributed by atoms with van der Waals surface area (Å²) in [4.78, 5) is 11.4. The molecule has 9 heteroatoms. The van der Waals surface area contributed by atoms with Gasteiger partial charge < -0.3 is 29.7 Å². The Kier molecular flexibility index (Phi) is 13.9. The van der Waals surface area contributed by atoms with Gasteiger partial charge in [-0.2, -0.15) is 0 Å². The lowest BCUT2D eigenvalue weighted by Crippen LogP contribution is -2.32. The molecule has 0 aliphatic rings. The Balaban J connectivity index is 3.36. The van der Waals surface area contributed by atoms with Gasteiger partial charge in [0.1, 0.15) is 0 Å². The smallest absolute Gasteiger partial charge is 0.205 e. The molecule has 1 unspecified atom stereocenters. The number of unbranched alkanes of at least 4 members (excludes halogenated alkanes) is 3. The fourth-order valence-corrected chi connectivity index (χ4v) is 2.10. The van der Waals surface area contributed by atoms with Gasteiger partial charge in [0.2, 0.25) is 7.75 Å². The molecule has 0 amide bonds. The third-order valence-electron chi connectivity index (χ3n) is 2.38. The summed E-state index contributed by atoms with van der Waals surface area (Å²) in [7, 11) is -4.05. The molecule has 0 aromatic rings. The third-order valence-corrected chi connectivity index (χ3v) is 3.45. The molecular weight excluding hydrogens is 287 g/mol. The van der Waals surface area contributed by atoms with E-state index in [0.29, 0.717) is 6.54 Å². The minimum Gasteiger partial charge on any atom is -0.766 e. The van der Waals surface area contributed by atoms with Crippen molar-refractivity contribution in [2.45, 2.75) is 25.7 Å². The van der Waals surface area contributed by atoms with Gasteiger partial charge in [0.05, 0.1) is 33.1 Å². The Morgan fingerprint density at radius 1 is 1.00 bits per heavy atom. The molecular formula is C11H26N2O6P-. The van der Waals surface area contributed by atoms with E-state index in [2.05, 4.69) is 14.9 Å². The SMILES string of the molecule is O=P([O-])(NCNCCCCCCO)OCCOCCO. The van der Waals surface area contributed by atoms with Crippen LogP contribution in [0.5, 0.6) is 0 Å². The van der Waals surface area contributed by atoms with Gasteiger partial charge in [-0.05, 0) is 19.4 Å². The number of aliphatic hydroxyl groups excluding tert-OH is 2. The second-order valence-electron chi connectivity index (χ2n) is 4.14. The molecule has 0 saturated heterocycles. The Labute approximate surface area is 120 Å². The maximum absolute atomic E-state index is 11.4. The predicted molar refractivity (Wildman–Crippen MR) is 73.0 cm³/mol. The largest absolute Gasteiger partial charge is 0.766 e. The van der Waals surface area contributed by atoms with Gasteiger partial charge in [0.15, 0.2) is 0 Å². The molecule has 0 aromatic heterocycles. The lowest BCUT2D eigenvalue weighted by Gasteiger charge is -2.24. The topological polar surface area (TPSA) is 123 Å². The highest BCUT2D eigenvalue weighted by atomic mass is 31.2. The molecule has 0 spiro atoms. The Morgan fingerprint density at radius 2 is 1.75 bits per heavy atom. The van der Waals surface area contributed by atoms with Crippen LogP contribution >= 0.6 is 7.75 Å². The van der Waals surface area contributed by atoms with Gasteiger partial charge in [0, 0.05) is 6.61 Å². The van der Waals surface area contributed by atoms with E-state index in [1.807, 2.05) is 0 Å². The lowest BCUT2D eigenvalue weighted by molar-refractivity contribution is -0.203. The second-order valence-corrected chi connectivity index (χ2v) is 5.71. The average Bonchev–Trinajstić information content (AvgIpc) is 2.41. The Morgan fingerprint density at radius 3 is 2.45 bits per heavy atom. The Bertz CT molecular complexity index is 257. The van der Waals surface area contributed by atoms with E-state index in [-0.39, 0.29) is 39.7 Å². The van der Waals surface area contributed by atoms with Crippen molar-refractivity contribution in [3.8, 4) is 0 Å². The van der Waals surface area contributed by atoms with Crippen molar-refractivity contribution < 1.29 is 28.9 Å². The molecule has 0 aliphatic heterocycles. The van der Waals surface area contributed by atoms with E-state index in [9.17, 15) is 9.46 Å². The van der Waals surface area contributed by atoms with Crippen LogP contribution in [0.15, 0.2) is 0 Å². The molecule has 4 N–H and O–H groups in total. The first-order valence-corrected chi connectivity index (χ1v) is 8.37. The zero-order valence-electron chi connectivity index (χ0n) is 11.8. The van der Waals surface area contributed by atoms with Crippen LogP contribution in [-0.2, 0) is 13.8 Å². The number of nitrogens with one attached hydrogen (secondary N) is 2. The van der Waals surface area contributed by atoms with E-state index < -0.39 is 7.75 Å². The Hall–Kier alpha value is -0.0500. The van der Waals surface area contributed by atoms with Crippen LogP contribution in [0.4, 0.5) is 0 Å². The van der Waals surface area contributed by atoms with Crippen molar-refractivity contribution in [3.05, 3.63) is 0 Å². The molecule has 0 fully saturated rings. The molecule has 1 atom stereocenters. The number of aliphatic hydroxyl groups is 2. The lowest BCUT2D eigenvalue weighted by atomic mass is 10.2. The zero-order chi connectivity index (χ0) is 15.1. The van der Waals surface area contributed by atoms with E-state index in [4.69, 9.17) is 14.9 Å². The highest BCUT2D eigenvalue weighted by Gasteiger charge is 2.06. The highest BCUT2D eigenvalue weighted by molar-refractivity contribution is 7.49. The second kappa shape index (κ2) is 13.9. The quantitative estimate of drug-likeness (QED) is 0.175. The number of hydrogen-bond donors (Lipinski definition) is 4. The molecule has 0 heterocycles. The summed E-state index contributed by atoms with van der Waals surface area (Å²) >= 11 is 0. The molecule has 0 rings (SSSR count). The summed E-state index contributed by atoms with van der Waals surface area (Å²) in [5.74, 6) is 0. The van der Waals surface area contributed by atoms with Gasteiger partial charge in [-0.3, -0.25) is 4.57 Å². The van der Waals surface area contributed by atoms with E-state index in [1.165, 1.54) is 0 Å². The van der Waals surface area contributed by atoms with Gasteiger partial charge in [-0.25, -0.2) is 5.09 Å². The van der Waals surface area contributed by atoms with Crippen molar-refractivity contribution in [2.24, 2.45) is 0 Å². The van der Waals surface area contributed by atoms with Crippen molar-refractivity contribution >= 4 is 7.75 Å². The highest BCUT2D eigenvalue weighted by Crippen LogP contribution is 2.30. The van der Waals surface area contributed by atoms with Gasteiger partial charge in [0.25, 0.3) is 0 Å². The van der Waals surface area contributed by atoms with Crippen LogP contribution in [-0.4, -0.2) is 56.5 Å². The van der Waals surface area contributed by atoms with Crippen LogP contribution in [0.25, 0.3) is 0 Å². The van der Waals surface area contributed by atoms with Crippen LogP contribution in [0.3, 0.4) is 0 Å². The van der Waals surface area contributed by atoms with E-state index in [1.54, 1.807) is 0 Å². The monoisotopic (exact) mass is 313 g/mol. The molecule has 8 nitrogen and oxygen atoms in total. The summed E-state index contributed by atoms with van der Waals surface area (Å²) in [5.41, 5.74) is 0. The number of hydrogen-bond acceptors (Lipinski definition) is 7. The number of ether oxygens (including phenoxy) is 1. The molecule has 122 valence electrons. The maximum Gasteiger partial charge on any atom is 0.205 e. The molecule has 0 aliphatic carbocycles. The van der Waals surface area contributed by atoms with Crippen molar-refractivity contribution in [2.75, 3.05) is 46.2 Å². The van der Waals surface area contributed by atoms with E-state index in [0.717, 1.165) is 25.7 Å². The van der Waals surface area contributed by atoms with Crippen molar-refractivity contribution in [1.29, 1.82) is 0 Å². The van der Waals surface area contributed by atoms with Crippen LogP contribution in [0.1, 0.15) is 25.7 Å². The minimum atomic E-state index is -4.05. The summed E-state index contributed by atoms with van der Waals surface area (Å²) in [6.07, 6.45) is 3.71. The van der Waals surface area contributed by atoms with Crippen LogP contribution < -0.4 is 15.3 Å². The minimum absolute atomic E-state index is 0.0745. The first-order valence-electron chi connectivity index (χ1n) is 6.83. The average molecular weight is 313 g/mol. The predicted octanol–water partition coefficient (Wildman–Crippen LogP) is -0.830. The summed E-state index contributed by atoms with van der Waals surface area (Å²) in [6, 6.07) is 0. The molecule has 0 saturated carbocycles. The van der Waals surface area contributed by atoms with Gasteiger partial charge in [-0.1, -0.05) is 12.8 Å².